The lowest BCUT2D eigenvalue weighted by atomic mass is 10.1. The second-order valence-corrected chi connectivity index (χ2v) is 7.55. The Morgan fingerprint density at radius 3 is 2.75 bits per heavy atom. The molecule has 7 nitrogen and oxygen atoms in total. The minimum Gasteiger partial charge on any atom is -0.340 e. The standard InChI is InChI=1S/C25H22N6O/c1-26-15-23(32)29-21-8-4-2-6-19(21)25-30-22-9-5-3-7-20(22)24(31-25)28-18-11-10-16-13-27-14-17(16)12-18/h2-12,14,26H,13,15H2,1H3,(H,29,32)(H,28,30,31). The first-order valence-electron chi connectivity index (χ1n) is 10.4. The van der Waals surface area contributed by atoms with Crippen LogP contribution in [0.1, 0.15) is 11.1 Å². The second kappa shape index (κ2) is 8.56. The summed E-state index contributed by atoms with van der Waals surface area (Å²) >= 11 is 0. The zero-order valence-corrected chi connectivity index (χ0v) is 17.6. The van der Waals surface area contributed by atoms with Crippen LogP contribution in [0.25, 0.3) is 22.3 Å². The zero-order chi connectivity index (χ0) is 21.9. The van der Waals surface area contributed by atoms with Gasteiger partial charge in [0.2, 0.25) is 5.91 Å². The van der Waals surface area contributed by atoms with Crippen molar-refractivity contribution in [3.63, 3.8) is 0 Å². The fourth-order valence-corrected chi connectivity index (χ4v) is 3.75. The molecule has 7 heteroatoms. The van der Waals surface area contributed by atoms with Crippen molar-refractivity contribution >= 4 is 40.2 Å². The number of aliphatic imine (C=N–C) groups is 1. The summed E-state index contributed by atoms with van der Waals surface area (Å²) in [7, 11) is 1.74. The molecule has 5 rings (SSSR count). The van der Waals surface area contributed by atoms with Crippen LogP contribution in [-0.2, 0) is 11.3 Å². The number of carbonyl (C=O) groups excluding carboxylic acids is 1. The van der Waals surface area contributed by atoms with Gasteiger partial charge in [-0.2, -0.15) is 0 Å². The molecule has 1 amide bonds. The van der Waals surface area contributed by atoms with E-state index in [0.717, 1.165) is 34.3 Å². The Bertz CT molecular complexity index is 1350. The van der Waals surface area contributed by atoms with Gasteiger partial charge in [-0.1, -0.05) is 30.3 Å². The molecular formula is C25H22N6O. The van der Waals surface area contributed by atoms with Gasteiger partial charge in [-0.05, 0) is 54.6 Å². The third-order valence-electron chi connectivity index (χ3n) is 5.28. The predicted molar refractivity (Wildman–Crippen MR) is 129 cm³/mol. The quantitative estimate of drug-likeness (QED) is 0.435. The highest BCUT2D eigenvalue weighted by Crippen LogP contribution is 2.31. The lowest BCUT2D eigenvalue weighted by molar-refractivity contribution is -0.115. The molecule has 158 valence electrons. The van der Waals surface area contributed by atoms with Crippen molar-refractivity contribution < 1.29 is 4.79 Å². The number of nitrogens with zero attached hydrogens (tertiary/aromatic N) is 3. The van der Waals surface area contributed by atoms with Crippen molar-refractivity contribution in [2.75, 3.05) is 24.2 Å². The van der Waals surface area contributed by atoms with Gasteiger partial charge in [0.05, 0.1) is 24.3 Å². The zero-order valence-electron chi connectivity index (χ0n) is 17.6. The summed E-state index contributed by atoms with van der Waals surface area (Å²) in [5, 5.41) is 10.2. The van der Waals surface area contributed by atoms with Crippen molar-refractivity contribution in [2.24, 2.45) is 4.99 Å². The maximum atomic E-state index is 12.2. The average Bonchev–Trinajstić information content (AvgIpc) is 3.27. The number of amides is 1. The number of aromatic nitrogens is 2. The summed E-state index contributed by atoms with van der Waals surface area (Å²) in [6.07, 6.45) is 1.90. The van der Waals surface area contributed by atoms with E-state index in [-0.39, 0.29) is 12.5 Å². The van der Waals surface area contributed by atoms with Crippen LogP contribution >= 0.6 is 0 Å². The van der Waals surface area contributed by atoms with Gasteiger partial charge in [-0.3, -0.25) is 9.79 Å². The Kier molecular flexibility index (Phi) is 5.31. The molecule has 0 unspecified atom stereocenters. The molecule has 0 bridgehead atoms. The molecule has 1 aromatic heterocycles. The topological polar surface area (TPSA) is 91.3 Å². The maximum Gasteiger partial charge on any atom is 0.238 e. The molecule has 0 fully saturated rings. The third kappa shape index (κ3) is 3.93. The smallest absolute Gasteiger partial charge is 0.238 e. The highest BCUT2D eigenvalue weighted by molar-refractivity contribution is 5.97. The van der Waals surface area contributed by atoms with E-state index in [1.807, 2.05) is 60.8 Å². The first-order valence-corrected chi connectivity index (χ1v) is 10.4. The molecule has 3 N–H and O–H groups in total. The molecule has 2 heterocycles. The Morgan fingerprint density at radius 1 is 1.00 bits per heavy atom. The summed E-state index contributed by atoms with van der Waals surface area (Å²) in [6, 6.07) is 21.6. The Morgan fingerprint density at radius 2 is 1.84 bits per heavy atom. The fourth-order valence-electron chi connectivity index (χ4n) is 3.75. The molecule has 3 aromatic carbocycles. The fraction of sp³-hybridized carbons (Fsp3) is 0.120. The Balaban J connectivity index is 1.58. The Hall–Kier alpha value is -4.10. The van der Waals surface area contributed by atoms with E-state index in [1.165, 1.54) is 5.56 Å². The van der Waals surface area contributed by atoms with Gasteiger partial charge in [-0.15, -0.1) is 0 Å². The normalized spacial score (nSPS) is 12.0. The first kappa shape index (κ1) is 19.8. The van der Waals surface area contributed by atoms with E-state index in [4.69, 9.17) is 9.97 Å². The molecule has 0 spiro atoms. The minimum absolute atomic E-state index is 0.126. The van der Waals surface area contributed by atoms with E-state index in [1.54, 1.807) is 7.05 Å². The molecule has 0 atom stereocenters. The van der Waals surface area contributed by atoms with Crippen LogP contribution in [0.4, 0.5) is 17.2 Å². The molecule has 32 heavy (non-hydrogen) atoms. The number of rotatable bonds is 6. The number of benzene rings is 3. The van der Waals surface area contributed by atoms with E-state index in [9.17, 15) is 4.79 Å². The molecule has 0 aliphatic carbocycles. The maximum absolute atomic E-state index is 12.2. The minimum atomic E-state index is -0.126. The van der Waals surface area contributed by atoms with Gasteiger partial charge in [0.25, 0.3) is 0 Å². The molecule has 4 aromatic rings. The van der Waals surface area contributed by atoms with E-state index < -0.39 is 0 Å². The van der Waals surface area contributed by atoms with Crippen molar-refractivity contribution in [3.8, 4) is 11.4 Å². The van der Waals surface area contributed by atoms with Crippen LogP contribution in [-0.4, -0.2) is 35.7 Å². The molecular weight excluding hydrogens is 400 g/mol. The van der Waals surface area contributed by atoms with Crippen LogP contribution in [0.15, 0.2) is 71.7 Å². The number of anilines is 3. The number of para-hydroxylation sites is 2. The third-order valence-corrected chi connectivity index (χ3v) is 5.28. The van der Waals surface area contributed by atoms with Crippen LogP contribution in [0.3, 0.4) is 0 Å². The van der Waals surface area contributed by atoms with Gasteiger partial charge in [-0.25, -0.2) is 9.97 Å². The second-order valence-electron chi connectivity index (χ2n) is 7.55. The highest BCUT2D eigenvalue weighted by Gasteiger charge is 2.15. The summed E-state index contributed by atoms with van der Waals surface area (Å²) in [5.74, 6) is 1.12. The van der Waals surface area contributed by atoms with Crippen molar-refractivity contribution in [1.29, 1.82) is 0 Å². The van der Waals surface area contributed by atoms with Crippen molar-refractivity contribution in [2.45, 2.75) is 6.54 Å². The molecule has 0 saturated heterocycles. The number of carbonyl (C=O) groups is 1. The van der Waals surface area contributed by atoms with Gasteiger partial charge in [0.1, 0.15) is 5.82 Å². The molecule has 1 aliphatic rings. The van der Waals surface area contributed by atoms with Crippen molar-refractivity contribution in [1.82, 2.24) is 15.3 Å². The largest absolute Gasteiger partial charge is 0.340 e. The summed E-state index contributed by atoms with van der Waals surface area (Å²) in [4.78, 5) is 26.1. The monoisotopic (exact) mass is 422 g/mol. The van der Waals surface area contributed by atoms with Crippen LogP contribution in [0.5, 0.6) is 0 Å². The van der Waals surface area contributed by atoms with E-state index in [0.29, 0.717) is 17.3 Å². The summed E-state index contributed by atoms with van der Waals surface area (Å²) in [5.41, 5.74) is 5.51. The average molecular weight is 422 g/mol. The first-order chi connectivity index (χ1) is 15.7. The van der Waals surface area contributed by atoms with Gasteiger partial charge in [0, 0.05) is 22.9 Å². The van der Waals surface area contributed by atoms with E-state index >= 15 is 0 Å². The number of nitrogens with one attached hydrogen (secondary N) is 3. The SMILES string of the molecule is CNCC(=O)Nc1ccccc1-c1nc(Nc2ccc3c(c2)C=NC3)c2ccccc2n1. The summed E-state index contributed by atoms with van der Waals surface area (Å²) in [6.45, 7) is 0.952. The van der Waals surface area contributed by atoms with E-state index in [2.05, 4.69) is 33.1 Å². The number of hydrogen-bond acceptors (Lipinski definition) is 6. The van der Waals surface area contributed by atoms with Gasteiger partial charge in [0.15, 0.2) is 5.82 Å². The highest BCUT2D eigenvalue weighted by atomic mass is 16.1. The Labute approximate surface area is 185 Å². The molecule has 0 radical (unpaired) electrons. The van der Waals surface area contributed by atoms with Gasteiger partial charge >= 0.3 is 0 Å². The van der Waals surface area contributed by atoms with Gasteiger partial charge < -0.3 is 16.0 Å². The number of likely N-dealkylation sites (N-methyl/N-ethyl adjacent to an activating group) is 1. The van der Waals surface area contributed by atoms with Crippen LogP contribution in [0, 0.1) is 0 Å². The van der Waals surface area contributed by atoms with Crippen LogP contribution < -0.4 is 16.0 Å². The lowest BCUT2D eigenvalue weighted by Gasteiger charge is -2.14. The number of fused-ring (bicyclic) bond motifs is 2. The molecule has 0 saturated carbocycles. The summed E-state index contributed by atoms with van der Waals surface area (Å²) < 4.78 is 0. The van der Waals surface area contributed by atoms with Crippen molar-refractivity contribution in [3.05, 3.63) is 77.9 Å². The molecule has 1 aliphatic heterocycles. The predicted octanol–water partition coefficient (Wildman–Crippen LogP) is 4.13. The van der Waals surface area contributed by atoms with Crippen LogP contribution in [0.2, 0.25) is 0 Å². The number of hydrogen-bond donors (Lipinski definition) is 3. The lowest BCUT2D eigenvalue weighted by Crippen LogP contribution is -2.25.